The summed E-state index contributed by atoms with van der Waals surface area (Å²) in [4.78, 5) is 49.7. The molecular weight excluding hydrogens is 506 g/mol. The summed E-state index contributed by atoms with van der Waals surface area (Å²) in [6.45, 7) is 1.01. The van der Waals surface area contributed by atoms with Crippen molar-refractivity contribution in [3.05, 3.63) is 69.8 Å². The Morgan fingerprint density at radius 3 is 1.81 bits per heavy atom. The highest BCUT2D eigenvalue weighted by Crippen LogP contribution is 2.56. The molecule has 2 heterocycles. The lowest BCUT2D eigenvalue weighted by molar-refractivity contribution is -0.288. The molecule has 6 nitrogen and oxygen atoms in total. The largest absolute Gasteiger partial charge is 0.411 e. The van der Waals surface area contributed by atoms with E-state index in [1.807, 2.05) is 0 Å². The van der Waals surface area contributed by atoms with Crippen LogP contribution in [0.25, 0.3) is 0 Å². The first-order valence-electron chi connectivity index (χ1n) is 10.3. The van der Waals surface area contributed by atoms with Crippen LogP contribution in [-0.2, 0) is 5.41 Å². The predicted octanol–water partition coefficient (Wildman–Crippen LogP) is 3.60. The van der Waals surface area contributed by atoms with E-state index in [-0.39, 0.29) is 5.56 Å². The SMILES string of the molecule is CC#CC#CCN1C(=O)c2ccc(C(c3ccc4c(c3)C(=O)NC4=O)(C(F)(F)F)C(F)(F)F)cc2C1=O. The zero-order valence-electron chi connectivity index (χ0n) is 18.5. The van der Waals surface area contributed by atoms with Gasteiger partial charge in [0.05, 0.1) is 28.8 Å². The van der Waals surface area contributed by atoms with Crippen LogP contribution >= 0.6 is 0 Å². The molecule has 188 valence electrons. The number of amides is 4. The van der Waals surface area contributed by atoms with E-state index in [0.29, 0.717) is 41.3 Å². The van der Waals surface area contributed by atoms with Gasteiger partial charge < -0.3 is 0 Å². The van der Waals surface area contributed by atoms with Crippen molar-refractivity contribution in [2.75, 3.05) is 6.54 Å². The normalized spacial score (nSPS) is 14.9. The van der Waals surface area contributed by atoms with E-state index < -0.39 is 75.8 Å². The van der Waals surface area contributed by atoms with Gasteiger partial charge in [-0.25, -0.2) is 0 Å². The molecule has 0 saturated heterocycles. The maximum atomic E-state index is 14.5. The quantitative estimate of drug-likeness (QED) is 0.383. The maximum Gasteiger partial charge on any atom is 0.411 e. The fourth-order valence-corrected chi connectivity index (χ4v) is 4.28. The molecule has 0 unspecified atom stereocenters. The monoisotopic (exact) mass is 518 g/mol. The summed E-state index contributed by atoms with van der Waals surface area (Å²) in [7, 11) is 0. The Balaban J connectivity index is 1.93. The lowest BCUT2D eigenvalue weighted by Gasteiger charge is -2.38. The number of halogens is 6. The van der Waals surface area contributed by atoms with Gasteiger partial charge in [-0.3, -0.25) is 29.4 Å². The van der Waals surface area contributed by atoms with Crippen molar-refractivity contribution in [3.63, 3.8) is 0 Å². The van der Waals surface area contributed by atoms with Crippen LogP contribution in [0.5, 0.6) is 0 Å². The number of hydrogen-bond acceptors (Lipinski definition) is 4. The van der Waals surface area contributed by atoms with Crippen molar-refractivity contribution in [1.29, 1.82) is 0 Å². The van der Waals surface area contributed by atoms with Gasteiger partial charge in [0.2, 0.25) is 5.41 Å². The molecule has 0 spiro atoms. The minimum atomic E-state index is -6.03. The smallest absolute Gasteiger partial charge is 0.288 e. The van der Waals surface area contributed by atoms with Crippen LogP contribution in [0.15, 0.2) is 36.4 Å². The molecule has 2 aromatic rings. The van der Waals surface area contributed by atoms with Gasteiger partial charge in [0.25, 0.3) is 23.6 Å². The van der Waals surface area contributed by atoms with Crippen molar-refractivity contribution in [3.8, 4) is 23.7 Å². The van der Waals surface area contributed by atoms with E-state index >= 15 is 0 Å². The number of nitrogens with zero attached hydrogens (tertiary/aromatic N) is 1. The molecule has 0 saturated carbocycles. The topological polar surface area (TPSA) is 83.6 Å². The zero-order valence-corrected chi connectivity index (χ0v) is 18.5. The Morgan fingerprint density at radius 1 is 0.730 bits per heavy atom. The van der Waals surface area contributed by atoms with E-state index in [1.54, 1.807) is 5.32 Å². The van der Waals surface area contributed by atoms with Crippen LogP contribution in [-0.4, -0.2) is 47.4 Å². The van der Waals surface area contributed by atoms with Gasteiger partial charge >= 0.3 is 12.4 Å². The highest BCUT2D eigenvalue weighted by Gasteiger charge is 2.72. The van der Waals surface area contributed by atoms with Gasteiger partial charge in [-0.15, -0.1) is 0 Å². The van der Waals surface area contributed by atoms with Crippen LogP contribution in [0.4, 0.5) is 26.3 Å². The van der Waals surface area contributed by atoms with Gasteiger partial charge in [-0.05, 0) is 54.2 Å². The summed E-state index contributed by atoms with van der Waals surface area (Å²) in [6.07, 6.45) is -12.1. The molecule has 0 radical (unpaired) electrons. The van der Waals surface area contributed by atoms with Gasteiger partial charge in [-0.2, -0.15) is 26.3 Å². The lowest BCUT2D eigenvalue weighted by atomic mass is 9.71. The number of rotatable bonds is 3. The van der Waals surface area contributed by atoms with Crippen molar-refractivity contribution < 1.29 is 45.5 Å². The molecule has 12 heteroatoms. The highest BCUT2D eigenvalue weighted by molar-refractivity contribution is 6.22. The summed E-state index contributed by atoms with van der Waals surface area (Å²) in [5.41, 5.74) is -9.61. The number of carbonyl (C=O) groups is 4. The first-order valence-corrected chi connectivity index (χ1v) is 10.3. The standard InChI is InChI=1S/C25H12F6N2O4/c1-2-3-4-5-10-33-21(36)16-9-7-14(12-18(16)22(33)37)23(24(26,27)28,25(29,30)31)13-6-8-15-17(11-13)20(35)32-19(15)34/h6-9,11-12H,10H2,1H3,(H,32,34,35). The Kier molecular flexibility index (Phi) is 5.87. The van der Waals surface area contributed by atoms with Crippen LogP contribution in [0.2, 0.25) is 0 Å². The number of alkyl halides is 6. The van der Waals surface area contributed by atoms with Crippen LogP contribution < -0.4 is 5.32 Å². The Morgan fingerprint density at radius 2 is 1.24 bits per heavy atom. The molecule has 4 amide bonds. The Labute approximate surface area is 204 Å². The van der Waals surface area contributed by atoms with Gasteiger partial charge in [0.1, 0.15) is 0 Å². The Bertz CT molecular complexity index is 1500. The summed E-state index contributed by atoms with van der Waals surface area (Å²) < 4.78 is 87.2. The lowest BCUT2D eigenvalue weighted by Crippen LogP contribution is -2.55. The van der Waals surface area contributed by atoms with Gasteiger partial charge in [0.15, 0.2) is 0 Å². The molecule has 0 aromatic heterocycles. The third kappa shape index (κ3) is 3.73. The van der Waals surface area contributed by atoms with Crippen molar-refractivity contribution in [2.24, 2.45) is 0 Å². The number of carbonyl (C=O) groups excluding carboxylic acids is 4. The third-order valence-corrected chi connectivity index (χ3v) is 5.94. The van der Waals surface area contributed by atoms with Crippen LogP contribution in [0.1, 0.15) is 59.5 Å². The zero-order chi connectivity index (χ0) is 27.3. The van der Waals surface area contributed by atoms with Crippen molar-refractivity contribution in [2.45, 2.75) is 24.7 Å². The molecule has 2 aromatic carbocycles. The number of benzene rings is 2. The molecular formula is C25H12F6N2O4. The second kappa shape index (κ2) is 8.52. The van der Waals surface area contributed by atoms with Crippen LogP contribution in [0.3, 0.4) is 0 Å². The van der Waals surface area contributed by atoms with Crippen LogP contribution in [0, 0.1) is 23.7 Å². The second-order valence-electron chi connectivity index (χ2n) is 7.92. The van der Waals surface area contributed by atoms with E-state index in [9.17, 15) is 45.5 Å². The van der Waals surface area contributed by atoms with E-state index in [0.717, 1.165) is 0 Å². The molecule has 0 atom stereocenters. The first-order chi connectivity index (χ1) is 17.3. The molecule has 1 N–H and O–H groups in total. The average Bonchev–Trinajstić information content (AvgIpc) is 3.22. The number of fused-ring (bicyclic) bond motifs is 2. The minimum Gasteiger partial charge on any atom is -0.288 e. The molecule has 2 aliphatic heterocycles. The van der Waals surface area contributed by atoms with Gasteiger partial charge in [-0.1, -0.05) is 24.0 Å². The van der Waals surface area contributed by atoms with Crippen molar-refractivity contribution in [1.82, 2.24) is 10.2 Å². The number of hydrogen-bond donors (Lipinski definition) is 1. The predicted molar refractivity (Wildman–Crippen MR) is 114 cm³/mol. The average molecular weight is 518 g/mol. The minimum absolute atomic E-state index is 0.355. The summed E-state index contributed by atoms with van der Waals surface area (Å²) in [5.74, 6) is 5.38. The molecule has 0 fully saturated rings. The summed E-state index contributed by atoms with van der Waals surface area (Å²) >= 11 is 0. The third-order valence-electron chi connectivity index (χ3n) is 5.94. The maximum absolute atomic E-state index is 14.5. The fraction of sp³-hybridized carbons (Fsp3) is 0.200. The molecule has 0 bridgehead atoms. The van der Waals surface area contributed by atoms with E-state index in [1.165, 1.54) is 6.92 Å². The molecule has 4 rings (SSSR count). The summed E-state index contributed by atoms with van der Waals surface area (Å²) in [6, 6.07) is 3.04. The highest BCUT2D eigenvalue weighted by atomic mass is 19.4. The van der Waals surface area contributed by atoms with E-state index in [2.05, 4.69) is 23.7 Å². The Hall–Kier alpha value is -4.58. The number of imide groups is 2. The molecule has 0 aliphatic carbocycles. The van der Waals surface area contributed by atoms with Gasteiger partial charge in [0, 0.05) is 0 Å². The molecule has 2 aliphatic rings. The first kappa shape index (κ1) is 25.5. The molecule has 37 heavy (non-hydrogen) atoms. The van der Waals surface area contributed by atoms with E-state index in [4.69, 9.17) is 0 Å². The fourth-order valence-electron chi connectivity index (χ4n) is 4.28. The summed E-state index contributed by atoms with van der Waals surface area (Å²) in [5, 5.41) is 1.80. The second-order valence-corrected chi connectivity index (χ2v) is 7.92. The number of nitrogens with one attached hydrogen (secondary N) is 1. The van der Waals surface area contributed by atoms with Crippen molar-refractivity contribution >= 4 is 23.6 Å².